The van der Waals surface area contributed by atoms with Gasteiger partial charge in [0.15, 0.2) is 5.78 Å². The molecular formula is C19H27ClN2O2. The Hall–Kier alpha value is -1.39. The van der Waals surface area contributed by atoms with Crippen molar-refractivity contribution < 1.29 is 9.59 Å². The second-order valence-corrected chi connectivity index (χ2v) is 6.75. The lowest BCUT2D eigenvalue weighted by Crippen LogP contribution is -2.34. The van der Waals surface area contributed by atoms with Gasteiger partial charge in [-0.1, -0.05) is 18.6 Å². The minimum absolute atomic E-state index is 0. The van der Waals surface area contributed by atoms with Crippen molar-refractivity contribution in [2.24, 2.45) is 0 Å². The van der Waals surface area contributed by atoms with Gasteiger partial charge in [0.1, 0.15) is 0 Å². The van der Waals surface area contributed by atoms with Crippen LogP contribution >= 0.6 is 12.4 Å². The molecule has 2 aliphatic rings. The van der Waals surface area contributed by atoms with E-state index in [2.05, 4.69) is 17.0 Å². The summed E-state index contributed by atoms with van der Waals surface area (Å²) >= 11 is 0. The number of carbonyl (C=O) groups excluding carboxylic acids is 2. The van der Waals surface area contributed by atoms with Crippen LogP contribution in [0.5, 0.6) is 0 Å². The van der Waals surface area contributed by atoms with Crippen molar-refractivity contribution in [1.29, 1.82) is 0 Å². The van der Waals surface area contributed by atoms with Crippen molar-refractivity contribution in [1.82, 2.24) is 9.80 Å². The number of nitrogens with zero attached hydrogens (tertiary/aromatic N) is 2. The van der Waals surface area contributed by atoms with E-state index in [1.165, 1.54) is 30.4 Å². The van der Waals surface area contributed by atoms with E-state index in [9.17, 15) is 9.59 Å². The van der Waals surface area contributed by atoms with Crippen LogP contribution in [-0.2, 0) is 17.6 Å². The first-order valence-electron chi connectivity index (χ1n) is 8.76. The average molecular weight is 351 g/mol. The molecule has 1 fully saturated rings. The highest BCUT2D eigenvalue weighted by Crippen LogP contribution is 2.19. The lowest BCUT2D eigenvalue weighted by Gasteiger charge is -2.25. The van der Waals surface area contributed by atoms with Crippen LogP contribution in [0.2, 0.25) is 0 Å². The quantitative estimate of drug-likeness (QED) is 0.787. The number of hydrogen-bond donors (Lipinski definition) is 0. The SMILES string of the molecule is CC(=O)N1CCc2ccc(C(=O)CN3CCCCC3)cc2CC1.Cl. The van der Waals surface area contributed by atoms with Gasteiger partial charge in [0, 0.05) is 25.6 Å². The van der Waals surface area contributed by atoms with Crippen molar-refractivity contribution >= 4 is 24.1 Å². The molecule has 1 aromatic carbocycles. The summed E-state index contributed by atoms with van der Waals surface area (Å²) in [6.07, 6.45) is 5.43. The van der Waals surface area contributed by atoms with Crippen molar-refractivity contribution in [2.45, 2.75) is 39.0 Å². The monoisotopic (exact) mass is 350 g/mol. The van der Waals surface area contributed by atoms with Crippen LogP contribution in [0.25, 0.3) is 0 Å². The van der Waals surface area contributed by atoms with Crippen LogP contribution < -0.4 is 0 Å². The number of amides is 1. The number of benzene rings is 1. The number of likely N-dealkylation sites (tertiary alicyclic amines) is 1. The van der Waals surface area contributed by atoms with Crippen LogP contribution in [0.4, 0.5) is 0 Å². The highest BCUT2D eigenvalue weighted by Gasteiger charge is 2.19. The van der Waals surface area contributed by atoms with Crippen molar-refractivity contribution in [3.63, 3.8) is 0 Å². The molecule has 0 aromatic heterocycles. The van der Waals surface area contributed by atoms with Gasteiger partial charge in [-0.05, 0) is 56.0 Å². The zero-order chi connectivity index (χ0) is 16.2. The number of halogens is 1. The number of ketones is 1. The third-order valence-corrected chi connectivity index (χ3v) is 5.09. The van der Waals surface area contributed by atoms with Crippen molar-refractivity contribution in [3.8, 4) is 0 Å². The fourth-order valence-corrected chi connectivity index (χ4v) is 3.63. The number of carbonyl (C=O) groups is 2. The molecule has 1 saturated heterocycles. The smallest absolute Gasteiger partial charge is 0.219 e. The maximum atomic E-state index is 12.6. The summed E-state index contributed by atoms with van der Waals surface area (Å²) in [6, 6.07) is 6.11. The fourth-order valence-electron chi connectivity index (χ4n) is 3.63. The fraction of sp³-hybridized carbons (Fsp3) is 0.579. The molecule has 0 N–H and O–H groups in total. The number of hydrogen-bond acceptors (Lipinski definition) is 3. The van der Waals surface area contributed by atoms with E-state index in [0.29, 0.717) is 6.54 Å². The molecule has 0 saturated carbocycles. The maximum Gasteiger partial charge on any atom is 0.219 e. The maximum absolute atomic E-state index is 12.6. The van der Waals surface area contributed by atoms with Crippen LogP contribution in [0, 0.1) is 0 Å². The molecule has 0 aliphatic carbocycles. The van der Waals surface area contributed by atoms with Gasteiger partial charge in [0.05, 0.1) is 6.54 Å². The Morgan fingerprint density at radius 2 is 1.62 bits per heavy atom. The number of rotatable bonds is 3. The number of piperidine rings is 1. The number of fused-ring (bicyclic) bond motifs is 1. The van der Waals surface area contributed by atoms with Crippen LogP contribution in [-0.4, -0.2) is 54.2 Å². The molecule has 1 amide bonds. The second kappa shape index (κ2) is 8.63. The zero-order valence-corrected chi connectivity index (χ0v) is 15.2. The second-order valence-electron chi connectivity index (χ2n) is 6.75. The Bertz CT molecular complexity index is 597. The first-order valence-corrected chi connectivity index (χ1v) is 8.76. The first-order chi connectivity index (χ1) is 11.1. The van der Waals surface area contributed by atoms with Gasteiger partial charge in [0.25, 0.3) is 0 Å². The molecule has 2 aliphatic heterocycles. The summed E-state index contributed by atoms with van der Waals surface area (Å²) in [4.78, 5) is 28.3. The predicted molar refractivity (Wildman–Crippen MR) is 98.0 cm³/mol. The lowest BCUT2D eigenvalue weighted by molar-refractivity contribution is -0.128. The Morgan fingerprint density at radius 1 is 0.958 bits per heavy atom. The molecule has 5 heteroatoms. The van der Waals surface area contributed by atoms with E-state index in [4.69, 9.17) is 0 Å². The Kier molecular flexibility index (Phi) is 6.81. The van der Waals surface area contributed by atoms with Gasteiger partial charge in [-0.15, -0.1) is 12.4 Å². The van der Waals surface area contributed by atoms with Gasteiger partial charge < -0.3 is 4.90 Å². The van der Waals surface area contributed by atoms with E-state index in [-0.39, 0.29) is 24.1 Å². The summed E-state index contributed by atoms with van der Waals surface area (Å²) in [5.74, 6) is 0.363. The lowest BCUT2D eigenvalue weighted by atomic mass is 9.98. The van der Waals surface area contributed by atoms with Gasteiger partial charge in [-0.2, -0.15) is 0 Å². The molecule has 2 heterocycles. The predicted octanol–water partition coefficient (Wildman–Crippen LogP) is 2.72. The molecular weight excluding hydrogens is 324 g/mol. The molecule has 1 aromatic rings. The largest absolute Gasteiger partial charge is 0.342 e. The molecule has 0 unspecified atom stereocenters. The summed E-state index contributed by atoms with van der Waals surface area (Å²) in [6.45, 7) is 5.80. The van der Waals surface area contributed by atoms with Gasteiger partial charge in [-0.3, -0.25) is 14.5 Å². The minimum atomic E-state index is 0. The highest BCUT2D eigenvalue weighted by molar-refractivity contribution is 5.97. The molecule has 0 spiro atoms. The van der Waals surface area contributed by atoms with Gasteiger partial charge in [-0.25, -0.2) is 0 Å². The molecule has 0 radical (unpaired) electrons. The van der Waals surface area contributed by atoms with E-state index in [1.807, 2.05) is 11.0 Å². The van der Waals surface area contributed by atoms with E-state index in [0.717, 1.165) is 44.6 Å². The molecule has 0 bridgehead atoms. The summed E-state index contributed by atoms with van der Waals surface area (Å²) in [7, 11) is 0. The van der Waals surface area contributed by atoms with E-state index >= 15 is 0 Å². The topological polar surface area (TPSA) is 40.6 Å². The van der Waals surface area contributed by atoms with E-state index < -0.39 is 0 Å². The van der Waals surface area contributed by atoms with Crippen molar-refractivity contribution in [2.75, 3.05) is 32.7 Å². The molecule has 132 valence electrons. The Balaban J connectivity index is 0.00000208. The van der Waals surface area contributed by atoms with Gasteiger partial charge in [0.2, 0.25) is 5.91 Å². The zero-order valence-electron chi connectivity index (χ0n) is 14.4. The number of Topliss-reactive ketones (excluding diaryl/α,β-unsaturated/α-hetero) is 1. The molecule has 3 rings (SSSR count). The van der Waals surface area contributed by atoms with Crippen LogP contribution in [0.1, 0.15) is 47.7 Å². The molecule has 4 nitrogen and oxygen atoms in total. The summed E-state index contributed by atoms with van der Waals surface area (Å²) in [5.41, 5.74) is 3.34. The van der Waals surface area contributed by atoms with Crippen LogP contribution in [0.15, 0.2) is 18.2 Å². The third-order valence-electron chi connectivity index (χ3n) is 5.09. The Labute approximate surface area is 150 Å². The van der Waals surface area contributed by atoms with Crippen molar-refractivity contribution in [3.05, 3.63) is 34.9 Å². The third kappa shape index (κ3) is 4.58. The summed E-state index contributed by atoms with van der Waals surface area (Å²) in [5, 5.41) is 0. The normalized spacial score (nSPS) is 18.3. The van der Waals surface area contributed by atoms with Gasteiger partial charge >= 0.3 is 0 Å². The molecule has 24 heavy (non-hydrogen) atoms. The highest BCUT2D eigenvalue weighted by atomic mass is 35.5. The summed E-state index contributed by atoms with van der Waals surface area (Å²) < 4.78 is 0. The molecule has 0 atom stereocenters. The van der Waals surface area contributed by atoms with Crippen LogP contribution in [0.3, 0.4) is 0 Å². The first kappa shape index (κ1) is 18.9. The Morgan fingerprint density at radius 3 is 2.29 bits per heavy atom. The van der Waals surface area contributed by atoms with E-state index in [1.54, 1.807) is 6.92 Å². The average Bonchev–Trinajstić information content (AvgIpc) is 2.77. The minimum Gasteiger partial charge on any atom is -0.342 e. The standard InChI is InChI=1S/C19H26N2O2.ClH/c1-15(22)21-11-7-16-5-6-18(13-17(16)8-12-21)19(23)14-20-9-3-2-4-10-20;/h5-6,13H,2-4,7-12,14H2,1H3;1H.